The normalized spacial score (nSPS) is 28.2. The third kappa shape index (κ3) is 1.98. The molecule has 1 aromatic rings. The van der Waals surface area contributed by atoms with E-state index in [-0.39, 0.29) is 23.3 Å². The van der Waals surface area contributed by atoms with Gasteiger partial charge in [0.25, 0.3) is 5.69 Å². The number of hydrogen-bond acceptors (Lipinski definition) is 6. The van der Waals surface area contributed by atoms with Gasteiger partial charge in [-0.2, -0.15) is 5.26 Å². The maximum Gasteiger partial charge on any atom is 0.289 e. The van der Waals surface area contributed by atoms with Crippen molar-refractivity contribution in [2.45, 2.75) is 18.9 Å². The first kappa shape index (κ1) is 12.8. The lowest BCUT2D eigenvalue weighted by Gasteiger charge is -2.20. The SMILES string of the molecule is N#Cc1cc([N+](=O)[O-])cnc1N1CC2CCC(O)C2C1. The van der Waals surface area contributed by atoms with E-state index in [1.54, 1.807) is 0 Å². The van der Waals surface area contributed by atoms with Crippen LogP contribution in [0.3, 0.4) is 0 Å². The number of aliphatic hydroxyl groups is 1. The number of aliphatic hydroxyl groups excluding tert-OH is 1. The third-order valence-electron chi connectivity index (χ3n) is 4.30. The maximum atomic E-state index is 10.7. The Morgan fingerprint density at radius 3 is 2.95 bits per heavy atom. The van der Waals surface area contributed by atoms with Crippen molar-refractivity contribution in [1.29, 1.82) is 5.26 Å². The van der Waals surface area contributed by atoms with Crippen LogP contribution in [0.15, 0.2) is 12.3 Å². The van der Waals surface area contributed by atoms with E-state index in [4.69, 9.17) is 5.26 Å². The van der Waals surface area contributed by atoms with Gasteiger partial charge < -0.3 is 10.0 Å². The van der Waals surface area contributed by atoms with Crippen molar-refractivity contribution >= 4 is 11.5 Å². The highest BCUT2D eigenvalue weighted by atomic mass is 16.6. The Morgan fingerprint density at radius 1 is 1.50 bits per heavy atom. The largest absolute Gasteiger partial charge is 0.393 e. The summed E-state index contributed by atoms with van der Waals surface area (Å²) < 4.78 is 0. The average Bonchev–Trinajstić information content (AvgIpc) is 3.00. The molecule has 1 saturated heterocycles. The zero-order chi connectivity index (χ0) is 14.3. The molecule has 0 amide bonds. The molecule has 3 atom stereocenters. The molecule has 1 aliphatic carbocycles. The lowest BCUT2D eigenvalue weighted by molar-refractivity contribution is -0.385. The minimum atomic E-state index is -0.555. The number of nitrogens with zero attached hydrogens (tertiary/aromatic N) is 4. The van der Waals surface area contributed by atoms with Crippen LogP contribution in [0.1, 0.15) is 18.4 Å². The number of aromatic nitrogens is 1. The number of fused-ring (bicyclic) bond motifs is 1. The molecule has 7 heteroatoms. The van der Waals surface area contributed by atoms with E-state index in [0.717, 1.165) is 19.4 Å². The van der Waals surface area contributed by atoms with Crippen molar-refractivity contribution in [3.8, 4) is 6.07 Å². The lowest BCUT2D eigenvalue weighted by atomic mass is 10.00. The van der Waals surface area contributed by atoms with Crippen LogP contribution in [0.25, 0.3) is 0 Å². The van der Waals surface area contributed by atoms with Gasteiger partial charge in [0.05, 0.1) is 11.0 Å². The van der Waals surface area contributed by atoms with Gasteiger partial charge in [-0.1, -0.05) is 0 Å². The van der Waals surface area contributed by atoms with Gasteiger partial charge >= 0.3 is 0 Å². The maximum absolute atomic E-state index is 10.7. The van der Waals surface area contributed by atoms with Crippen LogP contribution >= 0.6 is 0 Å². The Labute approximate surface area is 115 Å². The molecule has 1 aliphatic heterocycles. The minimum Gasteiger partial charge on any atom is -0.393 e. The fraction of sp³-hybridized carbons (Fsp3) is 0.538. The Kier molecular flexibility index (Phi) is 3.03. The highest BCUT2D eigenvalue weighted by Gasteiger charge is 2.42. The monoisotopic (exact) mass is 274 g/mol. The number of nitriles is 1. The molecule has 1 aromatic heterocycles. The Bertz CT molecular complexity index is 598. The average molecular weight is 274 g/mol. The molecule has 2 aliphatic rings. The predicted octanol–water partition coefficient (Wildman–Crippen LogP) is 1.07. The highest BCUT2D eigenvalue weighted by molar-refractivity contribution is 5.58. The molecular formula is C13H14N4O3. The molecule has 0 radical (unpaired) electrons. The predicted molar refractivity (Wildman–Crippen MR) is 70.0 cm³/mol. The number of rotatable bonds is 2. The van der Waals surface area contributed by atoms with Gasteiger partial charge in [-0.15, -0.1) is 0 Å². The minimum absolute atomic E-state index is 0.176. The third-order valence-corrected chi connectivity index (χ3v) is 4.30. The molecule has 2 fully saturated rings. The van der Waals surface area contributed by atoms with Crippen LogP contribution in [-0.2, 0) is 0 Å². The van der Waals surface area contributed by atoms with Gasteiger partial charge in [-0.3, -0.25) is 10.1 Å². The van der Waals surface area contributed by atoms with Crippen molar-refractivity contribution in [1.82, 2.24) is 4.98 Å². The van der Waals surface area contributed by atoms with E-state index in [9.17, 15) is 15.2 Å². The molecule has 1 saturated carbocycles. The molecule has 1 N–H and O–H groups in total. The summed E-state index contributed by atoms with van der Waals surface area (Å²) in [5, 5.41) is 29.8. The Balaban J connectivity index is 1.88. The van der Waals surface area contributed by atoms with Crippen LogP contribution < -0.4 is 4.90 Å². The molecule has 3 unspecified atom stereocenters. The van der Waals surface area contributed by atoms with Gasteiger partial charge in [0.15, 0.2) is 0 Å². The molecule has 0 aromatic carbocycles. The summed E-state index contributed by atoms with van der Waals surface area (Å²) in [5.74, 6) is 1.13. The van der Waals surface area contributed by atoms with Gasteiger partial charge in [0, 0.05) is 25.1 Å². The van der Waals surface area contributed by atoms with Crippen LogP contribution in [0.5, 0.6) is 0 Å². The zero-order valence-corrected chi connectivity index (χ0v) is 10.8. The Hall–Kier alpha value is -2.20. The molecule has 3 rings (SSSR count). The summed E-state index contributed by atoms with van der Waals surface area (Å²) in [4.78, 5) is 16.2. The van der Waals surface area contributed by atoms with Crippen LogP contribution in [0.4, 0.5) is 11.5 Å². The first-order valence-corrected chi connectivity index (χ1v) is 6.57. The quantitative estimate of drug-likeness (QED) is 0.639. The van der Waals surface area contributed by atoms with E-state index < -0.39 is 4.92 Å². The van der Waals surface area contributed by atoms with Crippen LogP contribution in [0, 0.1) is 33.3 Å². The second-order valence-corrected chi connectivity index (χ2v) is 5.41. The topological polar surface area (TPSA) is 103 Å². The van der Waals surface area contributed by atoms with Gasteiger partial charge in [-0.25, -0.2) is 4.98 Å². The molecule has 0 spiro atoms. The summed E-state index contributed by atoms with van der Waals surface area (Å²) in [5.41, 5.74) is 0.0402. The lowest BCUT2D eigenvalue weighted by Crippen LogP contribution is -2.25. The van der Waals surface area contributed by atoms with Gasteiger partial charge in [-0.05, 0) is 18.8 Å². The number of pyridine rings is 1. The summed E-state index contributed by atoms with van der Waals surface area (Å²) in [6.45, 7) is 1.41. The number of hydrogen-bond donors (Lipinski definition) is 1. The Morgan fingerprint density at radius 2 is 2.30 bits per heavy atom. The number of nitro groups is 1. The summed E-state index contributed by atoms with van der Waals surface area (Å²) in [6.07, 6.45) is 2.72. The van der Waals surface area contributed by atoms with Crippen molar-refractivity contribution < 1.29 is 10.0 Å². The van der Waals surface area contributed by atoms with Crippen molar-refractivity contribution in [2.24, 2.45) is 11.8 Å². The summed E-state index contributed by atoms with van der Waals surface area (Å²) >= 11 is 0. The number of anilines is 1. The van der Waals surface area contributed by atoms with Crippen molar-refractivity contribution in [2.75, 3.05) is 18.0 Å². The van der Waals surface area contributed by atoms with E-state index in [2.05, 4.69) is 4.98 Å². The fourth-order valence-electron chi connectivity index (χ4n) is 3.29. The first-order valence-electron chi connectivity index (χ1n) is 6.57. The first-order chi connectivity index (χ1) is 9.60. The van der Waals surface area contributed by atoms with E-state index in [1.165, 1.54) is 12.3 Å². The smallest absolute Gasteiger partial charge is 0.289 e. The zero-order valence-electron chi connectivity index (χ0n) is 10.8. The summed E-state index contributed by atoms with van der Waals surface area (Å²) in [7, 11) is 0. The molecule has 0 bridgehead atoms. The van der Waals surface area contributed by atoms with E-state index in [0.29, 0.717) is 18.3 Å². The van der Waals surface area contributed by atoms with E-state index >= 15 is 0 Å². The standard InChI is InChI=1S/C13H14N4O3/c14-4-9-3-10(17(19)20)5-15-13(9)16-6-8-1-2-12(18)11(8)7-16/h3,5,8,11-12,18H,1-2,6-7H2. The second kappa shape index (κ2) is 4.72. The molecule has 2 heterocycles. The summed E-state index contributed by atoms with van der Waals surface area (Å²) in [6, 6.07) is 3.23. The molecular weight excluding hydrogens is 260 g/mol. The van der Waals surface area contributed by atoms with Gasteiger partial charge in [0.2, 0.25) is 0 Å². The van der Waals surface area contributed by atoms with Crippen LogP contribution in [-0.4, -0.2) is 34.2 Å². The molecule has 7 nitrogen and oxygen atoms in total. The van der Waals surface area contributed by atoms with Crippen molar-refractivity contribution in [3.05, 3.63) is 27.9 Å². The second-order valence-electron chi connectivity index (χ2n) is 5.41. The molecule has 104 valence electrons. The highest BCUT2D eigenvalue weighted by Crippen LogP contribution is 2.40. The van der Waals surface area contributed by atoms with Crippen molar-refractivity contribution in [3.63, 3.8) is 0 Å². The molecule has 20 heavy (non-hydrogen) atoms. The van der Waals surface area contributed by atoms with Crippen LogP contribution in [0.2, 0.25) is 0 Å². The fourth-order valence-corrected chi connectivity index (χ4v) is 3.29. The van der Waals surface area contributed by atoms with Gasteiger partial charge in [0.1, 0.15) is 23.6 Å². The van der Waals surface area contributed by atoms with E-state index in [1.807, 2.05) is 11.0 Å².